The number of fused-ring (bicyclic) bond motifs is 3. The second-order valence-electron chi connectivity index (χ2n) is 7.85. The Kier molecular flexibility index (Phi) is 6.38. The quantitative estimate of drug-likeness (QED) is 0.387. The number of allylic oxidation sites excluding steroid dienone is 1. The molecule has 32 heavy (non-hydrogen) atoms. The molecular weight excluding hydrogens is 420 g/mol. The molecule has 5 atom stereocenters. The van der Waals surface area contributed by atoms with E-state index in [1.807, 2.05) is 6.08 Å². The molecule has 1 aliphatic carbocycles. The van der Waals surface area contributed by atoms with Gasteiger partial charge in [0.05, 0.1) is 20.3 Å². The minimum absolute atomic E-state index is 0.0381. The fraction of sp³-hybridized carbons (Fsp3) is 0.391. The van der Waals surface area contributed by atoms with Crippen LogP contribution in [0.3, 0.4) is 0 Å². The first-order valence-electron chi connectivity index (χ1n) is 10.2. The molecule has 1 saturated heterocycles. The van der Waals surface area contributed by atoms with Crippen molar-refractivity contribution in [3.8, 4) is 28.4 Å². The minimum Gasteiger partial charge on any atom is -0.508 e. The van der Waals surface area contributed by atoms with E-state index in [4.69, 9.17) is 14.2 Å². The van der Waals surface area contributed by atoms with Crippen LogP contribution in [0.1, 0.15) is 11.1 Å². The first-order chi connectivity index (χ1) is 15.3. The van der Waals surface area contributed by atoms with Crippen LogP contribution in [0.25, 0.3) is 16.7 Å². The van der Waals surface area contributed by atoms with Gasteiger partial charge in [0.25, 0.3) is 0 Å². The van der Waals surface area contributed by atoms with E-state index in [9.17, 15) is 30.6 Å². The van der Waals surface area contributed by atoms with Crippen LogP contribution in [0.15, 0.2) is 36.4 Å². The highest BCUT2D eigenvalue weighted by Crippen LogP contribution is 2.42. The number of methoxy groups -OCH3 is 1. The Bertz CT molecular complexity index is 1020. The maximum absolute atomic E-state index is 10.4. The number of aliphatic hydroxyl groups excluding tert-OH is 4. The predicted octanol–water partition coefficient (Wildman–Crippen LogP) is 0.529. The van der Waals surface area contributed by atoms with Gasteiger partial charge in [0.1, 0.15) is 30.2 Å². The summed E-state index contributed by atoms with van der Waals surface area (Å²) < 4.78 is 16.4. The molecule has 1 fully saturated rings. The molecule has 0 bridgehead atoms. The van der Waals surface area contributed by atoms with Crippen molar-refractivity contribution in [3.05, 3.63) is 47.5 Å². The van der Waals surface area contributed by atoms with Crippen molar-refractivity contribution >= 4 is 5.57 Å². The molecular formula is C23H26O9. The second kappa shape index (κ2) is 9.07. The molecule has 0 saturated carbocycles. The van der Waals surface area contributed by atoms with Crippen LogP contribution in [0.5, 0.6) is 17.2 Å². The van der Waals surface area contributed by atoms with E-state index < -0.39 is 37.3 Å². The number of benzene rings is 2. The SMILES string of the molecule is COc1cc2c(cc1O)-c1ccc(O)cc1CC=C2CO[C@@H]1O[C@H](CO)[C@@H](O)[C@H](O)[C@H]1O. The van der Waals surface area contributed by atoms with Crippen molar-refractivity contribution in [2.45, 2.75) is 37.1 Å². The van der Waals surface area contributed by atoms with Crippen molar-refractivity contribution in [2.24, 2.45) is 0 Å². The monoisotopic (exact) mass is 446 g/mol. The zero-order valence-corrected chi connectivity index (χ0v) is 17.4. The Labute approximate surface area is 184 Å². The average Bonchev–Trinajstić information content (AvgIpc) is 2.92. The maximum Gasteiger partial charge on any atom is 0.187 e. The van der Waals surface area contributed by atoms with E-state index in [1.165, 1.54) is 7.11 Å². The number of aromatic hydroxyl groups is 2. The third kappa shape index (κ3) is 4.06. The topological polar surface area (TPSA) is 149 Å². The molecule has 6 N–H and O–H groups in total. The summed E-state index contributed by atoms with van der Waals surface area (Å²) in [6.45, 7) is -0.588. The molecule has 0 aromatic heterocycles. The Morgan fingerprint density at radius 1 is 0.969 bits per heavy atom. The summed E-state index contributed by atoms with van der Waals surface area (Å²) in [6.07, 6.45) is -4.50. The van der Waals surface area contributed by atoms with Crippen LogP contribution in [0.4, 0.5) is 0 Å². The van der Waals surface area contributed by atoms with Gasteiger partial charge in [0, 0.05) is 0 Å². The number of hydrogen-bond donors (Lipinski definition) is 6. The summed E-state index contributed by atoms with van der Waals surface area (Å²) in [5.74, 6) is 0.351. The van der Waals surface area contributed by atoms with Gasteiger partial charge in [-0.25, -0.2) is 0 Å². The summed E-state index contributed by atoms with van der Waals surface area (Å²) in [5, 5.41) is 59.8. The van der Waals surface area contributed by atoms with E-state index in [-0.39, 0.29) is 23.9 Å². The second-order valence-corrected chi connectivity index (χ2v) is 7.85. The molecule has 2 aliphatic rings. The first-order valence-corrected chi connectivity index (χ1v) is 10.2. The molecule has 0 spiro atoms. The Morgan fingerprint density at radius 3 is 2.47 bits per heavy atom. The number of ether oxygens (including phenoxy) is 3. The average molecular weight is 446 g/mol. The third-order valence-corrected chi connectivity index (χ3v) is 5.86. The Hall–Kier alpha value is -2.66. The highest BCUT2D eigenvalue weighted by molar-refractivity contribution is 5.87. The summed E-state index contributed by atoms with van der Waals surface area (Å²) in [5.41, 5.74) is 3.80. The van der Waals surface area contributed by atoms with Gasteiger partial charge in [0.2, 0.25) is 0 Å². The lowest BCUT2D eigenvalue weighted by Gasteiger charge is -2.39. The Morgan fingerprint density at radius 2 is 1.75 bits per heavy atom. The van der Waals surface area contributed by atoms with Crippen LogP contribution in [-0.2, 0) is 15.9 Å². The Balaban J connectivity index is 1.66. The molecule has 1 aliphatic heterocycles. The summed E-state index contributed by atoms with van der Waals surface area (Å²) in [4.78, 5) is 0. The van der Waals surface area contributed by atoms with Gasteiger partial charge >= 0.3 is 0 Å². The largest absolute Gasteiger partial charge is 0.508 e. The van der Waals surface area contributed by atoms with E-state index in [2.05, 4.69) is 0 Å². The predicted molar refractivity (Wildman–Crippen MR) is 113 cm³/mol. The van der Waals surface area contributed by atoms with E-state index in [1.54, 1.807) is 30.3 Å². The number of phenolic OH excluding ortho intramolecular Hbond substituents is 2. The lowest BCUT2D eigenvalue weighted by Crippen LogP contribution is -2.59. The van der Waals surface area contributed by atoms with Crippen molar-refractivity contribution < 1.29 is 44.8 Å². The molecule has 0 amide bonds. The fourth-order valence-electron chi connectivity index (χ4n) is 4.09. The highest BCUT2D eigenvalue weighted by atomic mass is 16.7. The van der Waals surface area contributed by atoms with E-state index in [0.29, 0.717) is 23.1 Å². The number of rotatable bonds is 5. The lowest BCUT2D eigenvalue weighted by molar-refractivity contribution is -0.297. The van der Waals surface area contributed by atoms with Crippen LogP contribution in [0.2, 0.25) is 0 Å². The van der Waals surface area contributed by atoms with Crippen LogP contribution in [-0.4, -0.2) is 81.7 Å². The number of aliphatic hydroxyl groups is 4. The lowest BCUT2D eigenvalue weighted by atomic mass is 9.93. The normalized spacial score (nSPS) is 27.2. The molecule has 172 valence electrons. The van der Waals surface area contributed by atoms with Crippen molar-refractivity contribution in [2.75, 3.05) is 20.3 Å². The number of phenols is 2. The van der Waals surface area contributed by atoms with Crippen LogP contribution >= 0.6 is 0 Å². The zero-order valence-electron chi connectivity index (χ0n) is 17.4. The van der Waals surface area contributed by atoms with Gasteiger partial charge in [0.15, 0.2) is 17.8 Å². The fourth-order valence-corrected chi connectivity index (χ4v) is 4.09. The molecule has 2 aromatic carbocycles. The molecule has 9 heteroatoms. The summed E-state index contributed by atoms with van der Waals surface area (Å²) in [7, 11) is 1.44. The van der Waals surface area contributed by atoms with E-state index >= 15 is 0 Å². The van der Waals surface area contributed by atoms with Gasteiger partial charge < -0.3 is 44.8 Å². The van der Waals surface area contributed by atoms with Crippen molar-refractivity contribution in [3.63, 3.8) is 0 Å². The van der Waals surface area contributed by atoms with Gasteiger partial charge in [-0.2, -0.15) is 0 Å². The smallest absolute Gasteiger partial charge is 0.187 e. The zero-order chi connectivity index (χ0) is 23.0. The highest BCUT2D eigenvalue weighted by Gasteiger charge is 2.44. The molecule has 1 heterocycles. The van der Waals surface area contributed by atoms with Gasteiger partial charge in [-0.1, -0.05) is 12.1 Å². The molecule has 4 rings (SSSR count). The van der Waals surface area contributed by atoms with Crippen molar-refractivity contribution in [1.29, 1.82) is 0 Å². The number of hydrogen-bond acceptors (Lipinski definition) is 9. The van der Waals surface area contributed by atoms with Crippen molar-refractivity contribution in [1.82, 2.24) is 0 Å². The van der Waals surface area contributed by atoms with Gasteiger partial charge in [-0.3, -0.25) is 0 Å². The van der Waals surface area contributed by atoms with E-state index in [0.717, 1.165) is 11.1 Å². The first kappa shape index (κ1) is 22.5. The molecule has 0 unspecified atom stereocenters. The van der Waals surface area contributed by atoms with Crippen LogP contribution < -0.4 is 4.74 Å². The van der Waals surface area contributed by atoms with Gasteiger partial charge in [-0.15, -0.1) is 0 Å². The molecule has 2 aromatic rings. The molecule has 9 nitrogen and oxygen atoms in total. The standard InChI is InChI=1S/C23H26O9/c1-30-18-8-15-12(10-31-23-22(29)21(28)20(27)19(9-24)32-23)3-2-11-6-13(25)4-5-14(11)16(15)7-17(18)26/h3-8,19-29H,2,9-10H2,1H3/t19-,20-,21+,22-,23-/m1/s1. The summed E-state index contributed by atoms with van der Waals surface area (Å²) >= 11 is 0. The van der Waals surface area contributed by atoms with Crippen LogP contribution in [0, 0.1) is 0 Å². The minimum atomic E-state index is -1.54. The summed E-state index contributed by atoms with van der Waals surface area (Å²) in [6, 6.07) is 8.24. The maximum atomic E-state index is 10.4. The van der Waals surface area contributed by atoms with Gasteiger partial charge in [-0.05, 0) is 58.5 Å². The third-order valence-electron chi connectivity index (χ3n) is 5.86. The molecule has 0 radical (unpaired) electrons.